The van der Waals surface area contributed by atoms with E-state index in [0.29, 0.717) is 19.4 Å². The second-order valence-electron chi connectivity index (χ2n) is 5.94. The Labute approximate surface area is 146 Å². The molecule has 0 aromatic heterocycles. The van der Waals surface area contributed by atoms with Crippen molar-refractivity contribution in [2.24, 2.45) is 0 Å². The maximum Gasteiger partial charge on any atom is 0.325 e. The van der Waals surface area contributed by atoms with Crippen LogP contribution in [-0.2, 0) is 19.4 Å². The number of nitrogens with one attached hydrogen (secondary N) is 1. The van der Waals surface area contributed by atoms with Crippen molar-refractivity contribution >= 4 is 39.4 Å². The zero-order chi connectivity index (χ0) is 17.9. The quantitative estimate of drug-likeness (QED) is 0.611. The highest BCUT2D eigenvalue weighted by molar-refractivity contribution is 7.98. The molecule has 2 rings (SSSR count). The molecular formula is C14H23N3O5S2. The van der Waals surface area contributed by atoms with Crippen LogP contribution >= 0.6 is 11.8 Å². The summed E-state index contributed by atoms with van der Waals surface area (Å²) in [5, 5.41) is 2.59. The van der Waals surface area contributed by atoms with Crippen LogP contribution in [0.25, 0.3) is 0 Å². The van der Waals surface area contributed by atoms with Crippen molar-refractivity contribution < 1.29 is 22.8 Å². The van der Waals surface area contributed by atoms with Crippen molar-refractivity contribution in [2.75, 3.05) is 36.6 Å². The predicted molar refractivity (Wildman–Crippen MR) is 91.5 cm³/mol. The van der Waals surface area contributed by atoms with Gasteiger partial charge in [-0.05, 0) is 31.8 Å². The second kappa shape index (κ2) is 7.73. The summed E-state index contributed by atoms with van der Waals surface area (Å²) < 4.78 is 23.2. The third-order valence-electron chi connectivity index (χ3n) is 4.32. The Morgan fingerprint density at radius 2 is 2.12 bits per heavy atom. The van der Waals surface area contributed by atoms with Crippen LogP contribution < -0.4 is 5.32 Å². The second-order valence-corrected chi connectivity index (χ2v) is 9.16. The molecule has 2 aliphatic heterocycles. The van der Waals surface area contributed by atoms with Gasteiger partial charge in [0, 0.05) is 12.6 Å². The standard InChI is InChI=1S/C14H23N3O5S2/c1-3-16(10-5-7-24(21,22)9-10)12(18)8-17-13(19)11(4-6-23-2)15-14(17)20/h10-11H,3-9H2,1-2H3,(H,15,20)/t10-,11-/m1/s1. The average molecular weight is 377 g/mol. The molecule has 0 bridgehead atoms. The minimum atomic E-state index is -3.11. The molecule has 2 heterocycles. The largest absolute Gasteiger partial charge is 0.337 e. The summed E-state index contributed by atoms with van der Waals surface area (Å²) in [5.74, 6) is -0.0321. The van der Waals surface area contributed by atoms with Gasteiger partial charge >= 0.3 is 6.03 Å². The van der Waals surface area contributed by atoms with Gasteiger partial charge in [0.25, 0.3) is 5.91 Å². The lowest BCUT2D eigenvalue weighted by atomic mass is 10.2. The number of amides is 4. The van der Waals surface area contributed by atoms with E-state index in [0.717, 1.165) is 10.7 Å². The molecule has 0 aliphatic carbocycles. The summed E-state index contributed by atoms with van der Waals surface area (Å²) in [4.78, 5) is 39.1. The summed E-state index contributed by atoms with van der Waals surface area (Å²) in [7, 11) is -3.11. The number of carbonyl (C=O) groups excluding carboxylic acids is 3. The van der Waals surface area contributed by atoms with Crippen LogP contribution in [0.15, 0.2) is 0 Å². The molecule has 8 nitrogen and oxygen atoms in total. The Bertz CT molecular complexity index is 622. The zero-order valence-electron chi connectivity index (χ0n) is 13.9. The van der Waals surface area contributed by atoms with Crippen molar-refractivity contribution in [2.45, 2.75) is 31.8 Å². The van der Waals surface area contributed by atoms with Crippen LogP contribution in [0.1, 0.15) is 19.8 Å². The number of hydrogen-bond acceptors (Lipinski definition) is 6. The number of imide groups is 1. The van der Waals surface area contributed by atoms with Crippen LogP contribution in [0.2, 0.25) is 0 Å². The minimum Gasteiger partial charge on any atom is -0.337 e. The monoisotopic (exact) mass is 377 g/mol. The number of hydrogen-bond donors (Lipinski definition) is 1. The summed E-state index contributed by atoms with van der Waals surface area (Å²) in [6.07, 6.45) is 2.84. The molecule has 0 unspecified atom stereocenters. The molecule has 136 valence electrons. The fourth-order valence-corrected chi connectivity index (χ4v) is 5.25. The van der Waals surface area contributed by atoms with Gasteiger partial charge in [-0.2, -0.15) is 11.8 Å². The maximum absolute atomic E-state index is 12.5. The van der Waals surface area contributed by atoms with E-state index in [-0.39, 0.29) is 24.1 Å². The van der Waals surface area contributed by atoms with Gasteiger partial charge in [-0.3, -0.25) is 14.5 Å². The van der Waals surface area contributed by atoms with Crippen molar-refractivity contribution in [3.8, 4) is 0 Å². The van der Waals surface area contributed by atoms with Gasteiger partial charge in [0.15, 0.2) is 9.84 Å². The van der Waals surface area contributed by atoms with Gasteiger partial charge in [0.2, 0.25) is 5.91 Å². The highest BCUT2D eigenvalue weighted by Crippen LogP contribution is 2.19. The summed E-state index contributed by atoms with van der Waals surface area (Å²) >= 11 is 1.58. The van der Waals surface area contributed by atoms with Crippen molar-refractivity contribution in [3.63, 3.8) is 0 Å². The number of rotatable bonds is 7. The first-order valence-electron chi connectivity index (χ1n) is 7.89. The van der Waals surface area contributed by atoms with Crippen LogP contribution in [0.4, 0.5) is 4.79 Å². The van der Waals surface area contributed by atoms with E-state index in [4.69, 9.17) is 0 Å². The van der Waals surface area contributed by atoms with Crippen molar-refractivity contribution in [1.82, 2.24) is 15.1 Å². The number of nitrogens with zero attached hydrogens (tertiary/aromatic N) is 2. The molecule has 4 amide bonds. The lowest BCUT2D eigenvalue weighted by Crippen LogP contribution is -2.47. The molecular weight excluding hydrogens is 354 g/mol. The van der Waals surface area contributed by atoms with E-state index < -0.39 is 33.7 Å². The fraction of sp³-hybridized carbons (Fsp3) is 0.786. The first kappa shape index (κ1) is 19.0. The molecule has 0 radical (unpaired) electrons. The molecule has 2 saturated heterocycles. The van der Waals surface area contributed by atoms with Crippen LogP contribution in [0, 0.1) is 0 Å². The van der Waals surface area contributed by atoms with Gasteiger partial charge in [0.1, 0.15) is 12.6 Å². The van der Waals surface area contributed by atoms with E-state index in [1.54, 1.807) is 18.7 Å². The molecule has 10 heteroatoms. The number of urea groups is 1. The highest BCUT2D eigenvalue weighted by Gasteiger charge is 2.40. The molecule has 2 aliphatic rings. The number of carbonyl (C=O) groups is 3. The third-order valence-corrected chi connectivity index (χ3v) is 6.72. The summed E-state index contributed by atoms with van der Waals surface area (Å²) in [6, 6.07) is -1.52. The predicted octanol–water partition coefficient (Wildman–Crippen LogP) is -0.304. The number of sulfone groups is 1. The van der Waals surface area contributed by atoms with Gasteiger partial charge in [-0.1, -0.05) is 0 Å². The third kappa shape index (κ3) is 4.21. The number of likely N-dealkylation sites (N-methyl/N-ethyl adjacent to an activating group) is 1. The zero-order valence-corrected chi connectivity index (χ0v) is 15.5. The molecule has 2 atom stereocenters. The highest BCUT2D eigenvalue weighted by atomic mass is 32.2. The average Bonchev–Trinajstić information content (AvgIpc) is 3.00. The Morgan fingerprint density at radius 3 is 2.67 bits per heavy atom. The van der Waals surface area contributed by atoms with Crippen LogP contribution in [0.5, 0.6) is 0 Å². The Morgan fingerprint density at radius 1 is 1.42 bits per heavy atom. The van der Waals surface area contributed by atoms with Gasteiger partial charge in [-0.15, -0.1) is 0 Å². The van der Waals surface area contributed by atoms with Crippen LogP contribution in [0.3, 0.4) is 0 Å². The summed E-state index contributed by atoms with van der Waals surface area (Å²) in [6.45, 7) is 1.76. The van der Waals surface area contributed by atoms with Crippen LogP contribution in [-0.4, -0.2) is 84.8 Å². The van der Waals surface area contributed by atoms with Gasteiger partial charge in [0.05, 0.1) is 11.5 Å². The minimum absolute atomic E-state index is 0.0525. The fourth-order valence-electron chi connectivity index (χ4n) is 3.04. The number of thioether (sulfide) groups is 1. The molecule has 1 N–H and O–H groups in total. The van der Waals surface area contributed by atoms with E-state index in [2.05, 4.69) is 5.32 Å². The van der Waals surface area contributed by atoms with Gasteiger partial charge < -0.3 is 10.2 Å². The summed E-state index contributed by atoms with van der Waals surface area (Å²) in [5.41, 5.74) is 0. The lowest BCUT2D eigenvalue weighted by Gasteiger charge is -2.28. The molecule has 0 aromatic rings. The SMILES string of the molecule is CCN(C(=O)CN1C(=O)N[C@H](CCSC)C1=O)[C@@H]1CCS(=O)(=O)C1. The van der Waals surface area contributed by atoms with Crippen molar-refractivity contribution in [1.29, 1.82) is 0 Å². The van der Waals surface area contributed by atoms with E-state index in [1.165, 1.54) is 4.90 Å². The Kier molecular flexibility index (Phi) is 6.13. The maximum atomic E-state index is 12.5. The Hall–Kier alpha value is -1.29. The normalized spacial score (nSPS) is 25.8. The van der Waals surface area contributed by atoms with E-state index in [9.17, 15) is 22.8 Å². The first-order valence-corrected chi connectivity index (χ1v) is 11.1. The molecule has 24 heavy (non-hydrogen) atoms. The molecule has 0 spiro atoms. The van der Waals surface area contributed by atoms with E-state index in [1.807, 2.05) is 6.26 Å². The van der Waals surface area contributed by atoms with Crippen molar-refractivity contribution in [3.05, 3.63) is 0 Å². The van der Waals surface area contributed by atoms with E-state index >= 15 is 0 Å². The lowest BCUT2D eigenvalue weighted by molar-refractivity contribution is -0.138. The molecule has 2 fully saturated rings. The van der Waals surface area contributed by atoms with Gasteiger partial charge in [-0.25, -0.2) is 13.2 Å². The smallest absolute Gasteiger partial charge is 0.325 e. The topological polar surface area (TPSA) is 104 Å². The molecule has 0 saturated carbocycles. The first-order chi connectivity index (χ1) is 11.3. The molecule has 0 aromatic carbocycles. The Balaban J connectivity index is 2.00.